The molecule has 3 nitrogen and oxygen atoms in total. The van der Waals surface area contributed by atoms with Crippen LogP contribution in [0.3, 0.4) is 0 Å². The van der Waals surface area contributed by atoms with Gasteiger partial charge >= 0.3 is 0 Å². The molecular formula is C15H18ClN3. The van der Waals surface area contributed by atoms with Gasteiger partial charge in [-0.1, -0.05) is 42.8 Å². The summed E-state index contributed by atoms with van der Waals surface area (Å²) in [4.78, 5) is 0. The smallest absolute Gasteiger partial charge is 0.155 e. The fraction of sp³-hybridized carbons (Fsp3) is 0.333. The van der Waals surface area contributed by atoms with Crippen LogP contribution in [0.1, 0.15) is 29.2 Å². The lowest BCUT2D eigenvalue weighted by atomic mass is 10.1. The molecular weight excluding hydrogens is 258 g/mol. The molecule has 19 heavy (non-hydrogen) atoms. The van der Waals surface area contributed by atoms with Crippen LogP contribution in [0.25, 0.3) is 0 Å². The van der Waals surface area contributed by atoms with E-state index in [4.69, 9.17) is 11.6 Å². The van der Waals surface area contributed by atoms with Gasteiger partial charge in [-0.2, -0.15) is 0 Å². The van der Waals surface area contributed by atoms with Gasteiger partial charge < -0.3 is 5.32 Å². The molecule has 0 saturated carbocycles. The summed E-state index contributed by atoms with van der Waals surface area (Å²) < 4.78 is 0. The van der Waals surface area contributed by atoms with Gasteiger partial charge in [-0.05, 0) is 42.5 Å². The Morgan fingerprint density at radius 1 is 1.00 bits per heavy atom. The predicted molar refractivity (Wildman–Crippen MR) is 79.7 cm³/mol. The summed E-state index contributed by atoms with van der Waals surface area (Å²) in [6.07, 6.45) is 1.06. The number of rotatable bonds is 4. The third-order valence-electron chi connectivity index (χ3n) is 3.36. The standard InChI is InChI=1S/C15H18ClN3/c1-4-12-5-7-13(8-6-12)9-17-15-11(3)10(2)14(16)18-19-15/h5-8H,4,9H2,1-3H3,(H,17,19). The second kappa shape index (κ2) is 6.02. The van der Waals surface area contributed by atoms with Gasteiger partial charge in [-0.3, -0.25) is 0 Å². The summed E-state index contributed by atoms with van der Waals surface area (Å²) in [6.45, 7) is 6.84. The van der Waals surface area contributed by atoms with Crippen molar-refractivity contribution in [2.45, 2.75) is 33.7 Å². The molecule has 0 saturated heterocycles. The number of benzene rings is 1. The van der Waals surface area contributed by atoms with Gasteiger partial charge in [-0.25, -0.2) is 0 Å². The Hall–Kier alpha value is -1.61. The number of hydrogen-bond acceptors (Lipinski definition) is 3. The average molecular weight is 276 g/mol. The zero-order chi connectivity index (χ0) is 13.8. The molecule has 0 unspecified atom stereocenters. The summed E-state index contributed by atoms with van der Waals surface area (Å²) in [5, 5.41) is 11.8. The van der Waals surface area contributed by atoms with E-state index in [2.05, 4.69) is 46.7 Å². The fourth-order valence-corrected chi connectivity index (χ4v) is 2.00. The minimum absolute atomic E-state index is 0.468. The maximum absolute atomic E-state index is 5.94. The van der Waals surface area contributed by atoms with E-state index in [-0.39, 0.29) is 0 Å². The van der Waals surface area contributed by atoms with Gasteiger partial charge in [0.05, 0.1) is 0 Å². The molecule has 0 amide bonds. The molecule has 0 radical (unpaired) electrons. The third kappa shape index (κ3) is 3.24. The van der Waals surface area contributed by atoms with Crippen molar-refractivity contribution in [2.24, 2.45) is 0 Å². The fourth-order valence-electron chi connectivity index (χ4n) is 1.82. The van der Waals surface area contributed by atoms with Gasteiger partial charge in [0.1, 0.15) is 0 Å². The lowest BCUT2D eigenvalue weighted by Gasteiger charge is -2.10. The summed E-state index contributed by atoms with van der Waals surface area (Å²) in [5.41, 5.74) is 4.60. The molecule has 0 aliphatic heterocycles. The van der Waals surface area contributed by atoms with Crippen LogP contribution in [0.15, 0.2) is 24.3 Å². The average Bonchev–Trinajstić information content (AvgIpc) is 2.45. The Bertz CT molecular complexity index is 564. The van der Waals surface area contributed by atoms with Gasteiger partial charge in [-0.15, -0.1) is 10.2 Å². The Kier molecular flexibility index (Phi) is 4.38. The predicted octanol–water partition coefficient (Wildman–Crippen LogP) is 3.92. The van der Waals surface area contributed by atoms with Gasteiger partial charge in [0.15, 0.2) is 11.0 Å². The molecule has 4 heteroatoms. The number of anilines is 1. The van der Waals surface area contributed by atoms with Crippen molar-refractivity contribution in [1.29, 1.82) is 0 Å². The largest absolute Gasteiger partial charge is 0.364 e. The molecule has 0 atom stereocenters. The Morgan fingerprint density at radius 3 is 2.26 bits per heavy atom. The minimum Gasteiger partial charge on any atom is -0.364 e. The Morgan fingerprint density at radius 2 is 1.63 bits per heavy atom. The number of nitrogens with one attached hydrogen (secondary N) is 1. The first-order chi connectivity index (χ1) is 9.11. The van der Waals surface area contributed by atoms with Gasteiger partial charge in [0, 0.05) is 6.54 Å². The van der Waals surface area contributed by atoms with E-state index >= 15 is 0 Å². The molecule has 0 aliphatic carbocycles. The van der Waals surface area contributed by atoms with Crippen LogP contribution in [0.2, 0.25) is 5.15 Å². The molecule has 2 aromatic rings. The number of halogens is 1. The van der Waals surface area contributed by atoms with Crippen LogP contribution >= 0.6 is 11.6 Å². The highest BCUT2D eigenvalue weighted by Crippen LogP contribution is 2.21. The van der Waals surface area contributed by atoms with Crippen LogP contribution in [-0.2, 0) is 13.0 Å². The molecule has 1 aromatic heterocycles. The molecule has 1 heterocycles. The normalized spacial score (nSPS) is 10.5. The highest BCUT2D eigenvalue weighted by Gasteiger charge is 2.07. The highest BCUT2D eigenvalue weighted by atomic mass is 35.5. The van der Waals surface area contributed by atoms with E-state index < -0.39 is 0 Å². The number of hydrogen-bond donors (Lipinski definition) is 1. The van der Waals surface area contributed by atoms with Crippen molar-refractivity contribution in [3.63, 3.8) is 0 Å². The summed E-state index contributed by atoms with van der Waals surface area (Å²) in [6, 6.07) is 8.58. The zero-order valence-electron chi connectivity index (χ0n) is 11.5. The van der Waals surface area contributed by atoms with Crippen LogP contribution in [0.5, 0.6) is 0 Å². The van der Waals surface area contributed by atoms with Crippen LogP contribution < -0.4 is 5.32 Å². The lowest BCUT2D eigenvalue weighted by Crippen LogP contribution is -2.06. The van der Waals surface area contributed by atoms with E-state index in [9.17, 15) is 0 Å². The van der Waals surface area contributed by atoms with E-state index in [1.54, 1.807) is 0 Å². The van der Waals surface area contributed by atoms with Crippen molar-refractivity contribution in [3.05, 3.63) is 51.7 Å². The van der Waals surface area contributed by atoms with Gasteiger partial charge in [0.2, 0.25) is 0 Å². The molecule has 100 valence electrons. The number of aromatic nitrogens is 2. The van der Waals surface area contributed by atoms with Crippen LogP contribution in [0.4, 0.5) is 5.82 Å². The van der Waals surface area contributed by atoms with Gasteiger partial charge in [0.25, 0.3) is 0 Å². The molecule has 0 spiro atoms. The molecule has 0 aliphatic rings. The third-order valence-corrected chi connectivity index (χ3v) is 3.72. The first-order valence-electron chi connectivity index (χ1n) is 6.43. The highest BCUT2D eigenvalue weighted by molar-refractivity contribution is 6.30. The maximum Gasteiger partial charge on any atom is 0.155 e. The topological polar surface area (TPSA) is 37.8 Å². The number of aryl methyl sites for hydroxylation is 1. The van der Waals surface area contributed by atoms with E-state index in [1.165, 1.54) is 11.1 Å². The van der Waals surface area contributed by atoms with Crippen molar-refractivity contribution in [1.82, 2.24) is 10.2 Å². The Balaban J connectivity index is 2.08. The first kappa shape index (κ1) is 13.8. The maximum atomic E-state index is 5.94. The van der Waals surface area contributed by atoms with Crippen LogP contribution in [-0.4, -0.2) is 10.2 Å². The molecule has 1 aromatic carbocycles. The van der Waals surface area contributed by atoms with Crippen molar-refractivity contribution < 1.29 is 0 Å². The SMILES string of the molecule is CCc1ccc(CNc2nnc(Cl)c(C)c2C)cc1. The molecule has 1 N–H and O–H groups in total. The lowest BCUT2D eigenvalue weighted by molar-refractivity contribution is 0.970. The Labute approximate surface area is 119 Å². The molecule has 0 bridgehead atoms. The zero-order valence-corrected chi connectivity index (χ0v) is 12.3. The van der Waals surface area contributed by atoms with Crippen molar-refractivity contribution in [2.75, 3.05) is 5.32 Å². The van der Waals surface area contributed by atoms with E-state index in [0.717, 1.165) is 29.9 Å². The summed E-state index contributed by atoms with van der Waals surface area (Å²) in [5.74, 6) is 0.793. The van der Waals surface area contributed by atoms with Crippen molar-refractivity contribution >= 4 is 17.4 Å². The second-order valence-electron chi connectivity index (χ2n) is 4.61. The second-order valence-corrected chi connectivity index (χ2v) is 4.97. The van der Waals surface area contributed by atoms with Crippen molar-refractivity contribution in [3.8, 4) is 0 Å². The van der Waals surface area contributed by atoms with E-state index in [0.29, 0.717) is 5.15 Å². The first-order valence-corrected chi connectivity index (χ1v) is 6.80. The minimum atomic E-state index is 0.468. The quantitative estimate of drug-likeness (QED) is 0.919. The van der Waals surface area contributed by atoms with Crippen LogP contribution in [0, 0.1) is 13.8 Å². The monoisotopic (exact) mass is 275 g/mol. The number of nitrogens with zero attached hydrogens (tertiary/aromatic N) is 2. The summed E-state index contributed by atoms with van der Waals surface area (Å²) in [7, 11) is 0. The molecule has 2 rings (SSSR count). The summed E-state index contributed by atoms with van der Waals surface area (Å²) >= 11 is 5.94. The molecule has 0 fully saturated rings. The van der Waals surface area contributed by atoms with E-state index in [1.807, 2.05) is 13.8 Å².